The molecule has 3 aromatic rings. The number of anilines is 1. The average molecular weight is 361 g/mol. The highest BCUT2D eigenvalue weighted by molar-refractivity contribution is 6.04. The van der Waals surface area contributed by atoms with Crippen LogP contribution in [0.15, 0.2) is 53.3 Å². The maximum absolute atomic E-state index is 12.5. The number of hydrogen-bond donors (Lipinski definition) is 1. The number of hydrogen-bond acceptors (Lipinski definition) is 6. The number of carbonyl (C=O) groups excluding carboxylic acids is 1. The molecule has 0 saturated carbocycles. The third kappa shape index (κ3) is 3.94. The van der Waals surface area contributed by atoms with Crippen molar-refractivity contribution >= 4 is 11.6 Å². The lowest BCUT2D eigenvalue weighted by Gasteiger charge is -2.12. The summed E-state index contributed by atoms with van der Waals surface area (Å²) in [7, 11) is 1.32. The highest BCUT2D eigenvalue weighted by atomic mass is 19.3. The van der Waals surface area contributed by atoms with Crippen molar-refractivity contribution < 1.29 is 27.5 Å². The van der Waals surface area contributed by atoms with Crippen molar-refractivity contribution in [2.75, 3.05) is 12.4 Å². The van der Waals surface area contributed by atoms with Crippen LogP contribution in [0, 0.1) is 0 Å². The van der Waals surface area contributed by atoms with E-state index in [4.69, 9.17) is 9.15 Å². The number of rotatable bonds is 6. The molecule has 26 heavy (non-hydrogen) atoms. The maximum Gasteiger partial charge on any atom is 0.387 e. The van der Waals surface area contributed by atoms with Gasteiger partial charge in [0.1, 0.15) is 0 Å². The van der Waals surface area contributed by atoms with E-state index >= 15 is 0 Å². The van der Waals surface area contributed by atoms with E-state index in [0.29, 0.717) is 17.1 Å². The quantitative estimate of drug-likeness (QED) is 0.722. The molecule has 0 unspecified atom stereocenters. The predicted octanol–water partition coefficient (Wildman–Crippen LogP) is 3.60. The van der Waals surface area contributed by atoms with Gasteiger partial charge in [0.15, 0.2) is 11.5 Å². The molecular weight excluding hydrogens is 348 g/mol. The van der Waals surface area contributed by atoms with Crippen molar-refractivity contribution in [3.63, 3.8) is 0 Å². The minimum atomic E-state index is -3.03. The molecule has 0 saturated heterocycles. The zero-order valence-electron chi connectivity index (χ0n) is 13.5. The van der Waals surface area contributed by atoms with E-state index < -0.39 is 12.5 Å². The molecule has 3 rings (SSSR count). The van der Waals surface area contributed by atoms with Crippen molar-refractivity contribution in [3.8, 4) is 23.0 Å². The summed E-state index contributed by atoms with van der Waals surface area (Å²) >= 11 is 0. The summed E-state index contributed by atoms with van der Waals surface area (Å²) in [6.07, 6.45) is 1.20. The second-order valence-corrected chi connectivity index (χ2v) is 5.02. The number of alkyl halides is 2. The van der Waals surface area contributed by atoms with Gasteiger partial charge in [0, 0.05) is 16.8 Å². The van der Waals surface area contributed by atoms with Gasteiger partial charge in [0.05, 0.1) is 7.11 Å². The number of amides is 1. The zero-order chi connectivity index (χ0) is 18.5. The predicted molar refractivity (Wildman–Crippen MR) is 87.3 cm³/mol. The van der Waals surface area contributed by atoms with Crippen LogP contribution < -0.4 is 14.8 Å². The lowest BCUT2D eigenvalue weighted by molar-refractivity contribution is -0.0512. The third-order valence-electron chi connectivity index (χ3n) is 3.37. The fourth-order valence-electron chi connectivity index (χ4n) is 2.24. The van der Waals surface area contributed by atoms with Crippen LogP contribution in [-0.2, 0) is 0 Å². The summed E-state index contributed by atoms with van der Waals surface area (Å²) in [5.74, 6) is -0.331. The van der Waals surface area contributed by atoms with Crippen molar-refractivity contribution in [2.45, 2.75) is 6.61 Å². The lowest BCUT2D eigenvalue weighted by Crippen LogP contribution is -2.13. The molecule has 134 valence electrons. The van der Waals surface area contributed by atoms with Crippen LogP contribution in [0.5, 0.6) is 11.5 Å². The summed E-state index contributed by atoms with van der Waals surface area (Å²) in [6.45, 7) is -3.03. The van der Waals surface area contributed by atoms with Gasteiger partial charge >= 0.3 is 6.61 Å². The molecule has 0 aliphatic heterocycles. The Morgan fingerprint density at radius 1 is 1.19 bits per heavy atom. The van der Waals surface area contributed by atoms with Gasteiger partial charge in [-0.1, -0.05) is 6.07 Å². The molecule has 0 fully saturated rings. The van der Waals surface area contributed by atoms with Gasteiger partial charge in [-0.3, -0.25) is 4.79 Å². The van der Waals surface area contributed by atoms with E-state index in [2.05, 4.69) is 20.3 Å². The molecule has 0 atom stereocenters. The molecular formula is C17H13F2N3O4. The number of carbonyl (C=O) groups is 1. The molecule has 1 amide bonds. The van der Waals surface area contributed by atoms with E-state index in [1.165, 1.54) is 31.7 Å². The monoisotopic (exact) mass is 361 g/mol. The first-order chi connectivity index (χ1) is 12.6. The molecule has 7 nitrogen and oxygen atoms in total. The zero-order valence-corrected chi connectivity index (χ0v) is 13.5. The minimum Gasteiger partial charge on any atom is -0.493 e. The van der Waals surface area contributed by atoms with Crippen molar-refractivity contribution in [3.05, 3.63) is 54.4 Å². The van der Waals surface area contributed by atoms with E-state index in [1.807, 2.05) is 0 Å². The number of benzene rings is 2. The molecule has 1 heterocycles. The number of methoxy groups -OCH3 is 1. The second-order valence-electron chi connectivity index (χ2n) is 5.02. The normalized spacial score (nSPS) is 10.6. The van der Waals surface area contributed by atoms with Crippen LogP contribution >= 0.6 is 0 Å². The highest BCUT2D eigenvalue weighted by Crippen LogP contribution is 2.30. The van der Waals surface area contributed by atoms with Crippen LogP contribution in [0.2, 0.25) is 0 Å². The molecule has 2 aromatic carbocycles. The molecule has 0 aliphatic rings. The van der Waals surface area contributed by atoms with Gasteiger partial charge in [0.25, 0.3) is 5.91 Å². The van der Waals surface area contributed by atoms with Gasteiger partial charge in [-0.15, -0.1) is 10.2 Å². The number of ether oxygens (including phenoxy) is 2. The summed E-state index contributed by atoms with van der Waals surface area (Å²) in [5.41, 5.74) is 1.22. The Morgan fingerprint density at radius 2 is 2.04 bits per heavy atom. The smallest absolute Gasteiger partial charge is 0.387 e. The average Bonchev–Trinajstić information content (AvgIpc) is 3.16. The number of nitrogens with zero attached hydrogens (tertiary/aromatic N) is 2. The standard InChI is InChI=1S/C17H13F2N3O4/c1-24-13-6-5-10(8-14(13)26-17(18)19)15(23)21-12-4-2-3-11(7-12)16-22-20-9-25-16/h2-9,17H,1H3,(H,21,23). The van der Waals surface area contributed by atoms with E-state index in [9.17, 15) is 13.6 Å². The first kappa shape index (κ1) is 17.3. The SMILES string of the molecule is COc1ccc(C(=O)Nc2cccc(-c3nnco3)c2)cc1OC(F)F. The van der Waals surface area contributed by atoms with E-state index in [0.717, 1.165) is 0 Å². The Labute approximate surface area is 146 Å². The highest BCUT2D eigenvalue weighted by Gasteiger charge is 2.15. The number of aromatic nitrogens is 2. The number of nitrogens with one attached hydrogen (secondary N) is 1. The van der Waals surface area contributed by atoms with Crippen LogP contribution in [0.1, 0.15) is 10.4 Å². The third-order valence-corrected chi connectivity index (χ3v) is 3.37. The molecule has 0 radical (unpaired) electrons. The van der Waals surface area contributed by atoms with Crippen LogP contribution in [0.3, 0.4) is 0 Å². The van der Waals surface area contributed by atoms with Crippen LogP contribution in [-0.4, -0.2) is 29.8 Å². The lowest BCUT2D eigenvalue weighted by atomic mass is 10.1. The fourth-order valence-corrected chi connectivity index (χ4v) is 2.24. The number of halogens is 2. The first-order valence-electron chi connectivity index (χ1n) is 7.37. The Kier molecular flexibility index (Phi) is 5.07. The summed E-state index contributed by atoms with van der Waals surface area (Å²) in [4.78, 5) is 12.4. The molecule has 1 aromatic heterocycles. The van der Waals surface area contributed by atoms with Crippen LogP contribution in [0.25, 0.3) is 11.5 Å². The summed E-state index contributed by atoms with van der Waals surface area (Å²) in [6, 6.07) is 10.8. The second kappa shape index (κ2) is 7.60. The van der Waals surface area contributed by atoms with E-state index in [-0.39, 0.29) is 17.1 Å². The Morgan fingerprint density at radius 3 is 2.73 bits per heavy atom. The molecule has 0 spiro atoms. The summed E-state index contributed by atoms with van der Waals surface area (Å²) in [5, 5.41) is 10.1. The Balaban J connectivity index is 1.81. The largest absolute Gasteiger partial charge is 0.493 e. The van der Waals surface area contributed by atoms with Crippen molar-refractivity contribution in [2.24, 2.45) is 0 Å². The topological polar surface area (TPSA) is 86.5 Å². The van der Waals surface area contributed by atoms with Crippen LogP contribution in [0.4, 0.5) is 14.5 Å². The van der Waals surface area contributed by atoms with E-state index in [1.54, 1.807) is 24.3 Å². The fraction of sp³-hybridized carbons (Fsp3) is 0.118. The minimum absolute atomic E-state index is 0.0974. The van der Waals surface area contributed by atoms with Crippen molar-refractivity contribution in [1.29, 1.82) is 0 Å². The molecule has 0 aliphatic carbocycles. The van der Waals surface area contributed by atoms with Gasteiger partial charge in [-0.2, -0.15) is 8.78 Å². The molecule has 0 bridgehead atoms. The first-order valence-corrected chi connectivity index (χ1v) is 7.37. The van der Waals surface area contributed by atoms with Gasteiger partial charge in [-0.05, 0) is 36.4 Å². The van der Waals surface area contributed by atoms with Gasteiger partial charge < -0.3 is 19.2 Å². The molecule has 9 heteroatoms. The Hall–Kier alpha value is -3.49. The van der Waals surface area contributed by atoms with Gasteiger partial charge in [0.2, 0.25) is 12.3 Å². The summed E-state index contributed by atoms with van der Waals surface area (Å²) < 4.78 is 39.4. The molecule has 1 N–H and O–H groups in total. The Bertz CT molecular complexity index is 901. The maximum atomic E-state index is 12.5. The van der Waals surface area contributed by atoms with Gasteiger partial charge in [-0.25, -0.2) is 0 Å². The van der Waals surface area contributed by atoms with Crippen molar-refractivity contribution in [1.82, 2.24) is 10.2 Å².